The average molecular weight is 226 g/mol. The van der Waals surface area contributed by atoms with E-state index in [0.717, 1.165) is 5.56 Å². The van der Waals surface area contributed by atoms with Crippen LogP contribution in [0.1, 0.15) is 5.56 Å². The molecule has 2 N–H and O–H groups in total. The lowest BCUT2D eigenvalue weighted by Gasteiger charge is -2.08. The molecule has 0 aromatic carbocycles. The second-order valence-corrected chi connectivity index (χ2v) is 3.57. The summed E-state index contributed by atoms with van der Waals surface area (Å²) in [6.45, 7) is 0. The Morgan fingerprint density at radius 2 is 2.06 bits per heavy atom. The summed E-state index contributed by atoms with van der Waals surface area (Å²) in [7, 11) is 1.54. The van der Waals surface area contributed by atoms with Gasteiger partial charge in [-0.2, -0.15) is 5.26 Å². The van der Waals surface area contributed by atoms with E-state index in [1.54, 1.807) is 30.6 Å². The molecule has 0 amide bonds. The van der Waals surface area contributed by atoms with E-state index >= 15 is 0 Å². The van der Waals surface area contributed by atoms with Gasteiger partial charge < -0.3 is 5.73 Å². The molecule has 0 atom stereocenters. The highest BCUT2D eigenvalue weighted by molar-refractivity contribution is 5.71. The van der Waals surface area contributed by atoms with Crippen molar-refractivity contribution in [1.29, 1.82) is 5.26 Å². The molecule has 0 aliphatic carbocycles. The molecule has 0 bridgehead atoms. The zero-order valence-electron chi connectivity index (χ0n) is 9.21. The molecule has 0 saturated heterocycles. The molecule has 5 heteroatoms. The van der Waals surface area contributed by atoms with E-state index in [4.69, 9.17) is 11.0 Å². The maximum atomic E-state index is 11.9. The molecule has 2 heterocycles. The largest absolute Gasteiger partial charge is 0.385 e. The molecule has 17 heavy (non-hydrogen) atoms. The van der Waals surface area contributed by atoms with Crippen LogP contribution in [0.5, 0.6) is 0 Å². The second kappa shape index (κ2) is 4.10. The lowest BCUT2D eigenvalue weighted by Crippen LogP contribution is -2.23. The van der Waals surface area contributed by atoms with Gasteiger partial charge in [-0.05, 0) is 23.8 Å². The van der Waals surface area contributed by atoms with Crippen molar-refractivity contribution in [3.63, 3.8) is 0 Å². The van der Waals surface area contributed by atoms with Crippen molar-refractivity contribution in [2.45, 2.75) is 0 Å². The first-order valence-corrected chi connectivity index (χ1v) is 4.95. The molecular weight excluding hydrogens is 216 g/mol. The molecule has 0 unspecified atom stereocenters. The molecule has 0 aliphatic heterocycles. The van der Waals surface area contributed by atoms with Crippen LogP contribution in [0.3, 0.4) is 0 Å². The van der Waals surface area contributed by atoms with Crippen LogP contribution in [0.4, 0.5) is 5.82 Å². The van der Waals surface area contributed by atoms with Crippen molar-refractivity contribution in [2.75, 3.05) is 5.73 Å². The Kier molecular flexibility index (Phi) is 2.63. The number of hydrogen-bond donors (Lipinski definition) is 1. The number of hydrogen-bond acceptors (Lipinski definition) is 4. The third kappa shape index (κ3) is 1.76. The van der Waals surface area contributed by atoms with Crippen molar-refractivity contribution in [2.24, 2.45) is 7.05 Å². The van der Waals surface area contributed by atoms with Crippen LogP contribution < -0.4 is 11.3 Å². The minimum Gasteiger partial charge on any atom is -0.385 e. The summed E-state index contributed by atoms with van der Waals surface area (Å²) in [5.41, 5.74) is 6.71. The van der Waals surface area contributed by atoms with Gasteiger partial charge in [0.05, 0.1) is 0 Å². The van der Waals surface area contributed by atoms with Gasteiger partial charge in [0, 0.05) is 25.0 Å². The van der Waals surface area contributed by atoms with Gasteiger partial charge in [0.2, 0.25) is 0 Å². The van der Waals surface area contributed by atoms with Crippen LogP contribution in [-0.2, 0) is 7.05 Å². The van der Waals surface area contributed by atoms with E-state index in [0.29, 0.717) is 11.4 Å². The van der Waals surface area contributed by atoms with Crippen LogP contribution in [-0.4, -0.2) is 9.55 Å². The number of nitriles is 1. The Morgan fingerprint density at radius 1 is 1.41 bits per heavy atom. The summed E-state index contributed by atoms with van der Waals surface area (Å²) in [6.07, 6.45) is 3.20. The molecule has 5 nitrogen and oxygen atoms in total. The summed E-state index contributed by atoms with van der Waals surface area (Å²) < 4.78 is 1.25. The molecule has 84 valence electrons. The monoisotopic (exact) mass is 226 g/mol. The lowest BCUT2D eigenvalue weighted by atomic mass is 10.0. The van der Waals surface area contributed by atoms with Crippen LogP contribution in [0.2, 0.25) is 0 Å². The summed E-state index contributed by atoms with van der Waals surface area (Å²) in [5.74, 6) is 0.320. The normalized spacial score (nSPS) is 9.88. The maximum Gasteiger partial charge on any atom is 0.270 e. The number of aromatic nitrogens is 2. The van der Waals surface area contributed by atoms with E-state index in [2.05, 4.69) is 4.98 Å². The fourth-order valence-electron chi connectivity index (χ4n) is 1.58. The number of rotatable bonds is 1. The maximum absolute atomic E-state index is 11.9. The number of nitrogen functional groups attached to an aromatic ring is 1. The standard InChI is InChI=1S/C12H10N4O/c1-16-11(14)6-9(10(7-13)12(16)17)8-2-4-15-5-3-8/h2-6H,14H2,1H3. The van der Waals surface area contributed by atoms with Crippen molar-refractivity contribution in [3.8, 4) is 17.2 Å². The topological polar surface area (TPSA) is 84.7 Å². The minimum atomic E-state index is -0.390. The molecule has 2 aromatic rings. The first kappa shape index (κ1) is 10.9. The zero-order chi connectivity index (χ0) is 12.4. The summed E-state index contributed by atoms with van der Waals surface area (Å²) in [4.78, 5) is 15.8. The van der Waals surface area contributed by atoms with Gasteiger partial charge in [0.25, 0.3) is 5.56 Å². The summed E-state index contributed by atoms with van der Waals surface area (Å²) in [6, 6.07) is 7.00. The number of nitrogens with zero attached hydrogens (tertiary/aromatic N) is 3. The van der Waals surface area contributed by atoms with Gasteiger partial charge in [-0.25, -0.2) is 0 Å². The molecular formula is C12H10N4O. The Hall–Kier alpha value is -2.61. The van der Waals surface area contributed by atoms with Crippen molar-refractivity contribution in [1.82, 2.24) is 9.55 Å². The van der Waals surface area contributed by atoms with Gasteiger partial charge >= 0.3 is 0 Å². The van der Waals surface area contributed by atoms with Gasteiger partial charge in [-0.1, -0.05) is 0 Å². The molecule has 0 aliphatic rings. The van der Waals surface area contributed by atoms with Crippen LogP contribution in [0, 0.1) is 11.3 Å². The second-order valence-electron chi connectivity index (χ2n) is 3.57. The molecule has 0 spiro atoms. The first-order valence-electron chi connectivity index (χ1n) is 4.95. The van der Waals surface area contributed by atoms with Crippen LogP contribution in [0.25, 0.3) is 11.1 Å². The molecule has 2 rings (SSSR count). The predicted molar refractivity (Wildman–Crippen MR) is 64.0 cm³/mol. The zero-order valence-corrected chi connectivity index (χ0v) is 9.21. The average Bonchev–Trinajstić information content (AvgIpc) is 2.36. The Bertz CT molecular complexity index is 653. The van der Waals surface area contributed by atoms with Crippen LogP contribution in [0.15, 0.2) is 35.4 Å². The van der Waals surface area contributed by atoms with Gasteiger partial charge in [0.1, 0.15) is 17.5 Å². The van der Waals surface area contributed by atoms with E-state index in [1.165, 1.54) is 11.6 Å². The Balaban J connectivity index is 2.81. The van der Waals surface area contributed by atoms with E-state index in [-0.39, 0.29) is 11.1 Å². The van der Waals surface area contributed by atoms with Crippen LogP contribution >= 0.6 is 0 Å². The Labute approximate surface area is 97.8 Å². The Morgan fingerprint density at radius 3 is 2.65 bits per heavy atom. The van der Waals surface area contributed by atoms with E-state index in [9.17, 15) is 4.79 Å². The fourth-order valence-corrected chi connectivity index (χ4v) is 1.58. The number of nitrogens with two attached hydrogens (primary N) is 1. The molecule has 0 saturated carbocycles. The summed E-state index contributed by atoms with van der Waals surface area (Å²) in [5, 5.41) is 9.06. The van der Waals surface area contributed by atoms with E-state index < -0.39 is 0 Å². The lowest BCUT2D eigenvalue weighted by molar-refractivity contribution is 0.871. The first-order chi connectivity index (χ1) is 8.15. The smallest absolute Gasteiger partial charge is 0.270 e. The number of anilines is 1. The van der Waals surface area contributed by atoms with Gasteiger partial charge in [-0.3, -0.25) is 14.3 Å². The third-order valence-electron chi connectivity index (χ3n) is 2.57. The minimum absolute atomic E-state index is 0.0906. The molecule has 0 radical (unpaired) electrons. The summed E-state index contributed by atoms with van der Waals surface area (Å²) >= 11 is 0. The fraction of sp³-hybridized carbons (Fsp3) is 0.0833. The number of pyridine rings is 2. The highest BCUT2D eigenvalue weighted by Crippen LogP contribution is 2.22. The molecule has 2 aromatic heterocycles. The highest BCUT2D eigenvalue weighted by Gasteiger charge is 2.12. The SMILES string of the molecule is Cn1c(N)cc(-c2ccncc2)c(C#N)c1=O. The molecule has 0 fully saturated rings. The van der Waals surface area contributed by atoms with E-state index in [1.807, 2.05) is 6.07 Å². The van der Waals surface area contributed by atoms with Crippen molar-refractivity contribution >= 4 is 5.82 Å². The van der Waals surface area contributed by atoms with Crippen molar-refractivity contribution < 1.29 is 0 Å². The highest BCUT2D eigenvalue weighted by atomic mass is 16.1. The third-order valence-corrected chi connectivity index (χ3v) is 2.57. The van der Waals surface area contributed by atoms with Crippen molar-refractivity contribution in [3.05, 3.63) is 46.5 Å². The van der Waals surface area contributed by atoms with Gasteiger partial charge in [-0.15, -0.1) is 0 Å². The predicted octanol–water partition coefficient (Wildman–Crippen LogP) is 0.901. The quantitative estimate of drug-likeness (QED) is 0.782. The van der Waals surface area contributed by atoms with Gasteiger partial charge in [0.15, 0.2) is 0 Å².